The Hall–Kier alpha value is -3.23. The molecule has 0 amide bonds. The lowest BCUT2D eigenvalue weighted by molar-refractivity contribution is 0.485. The number of hydrogen-bond acceptors (Lipinski definition) is 7. The second kappa shape index (κ2) is 9.50. The summed E-state index contributed by atoms with van der Waals surface area (Å²) in [6, 6.07) is 16.4. The number of aromatic nitrogens is 5. The highest BCUT2D eigenvalue weighted by Gasteiger charge is 2.17. The van der Waals surface area contributed by atoms with E-state index in [4.69, 9.17) is 9.40 Å². The van der Waals surface area contributed by atoms with Crippen LogP contribution in [0.15, 0.2) is 82.1 Å². The molecule has 0 saturated heterocycles. The lowest BCUT2D eigenvalue weighted by atomic mass is 10.1. The third-order valence-corrected chi connectivity index (χ3v) is 6.98. The van der Waals surface area contributed by atoms with Crippen molar-refractivity contribution in [3.8, 4) is 22.0 Å². The van der Waals surface area contributed by atoms with E-state index in [0.29, 0.717) is 12.3 Å². The van der Waals surface area contributed by atoms with Crippen LogP contribution in [0.5, 0.6) is 0 Å². The van der Waals surface area contributed by atoms with E-state index in [9.17, 15) is 0 Å². The normalized spacial score (nSPS) is 11.2. The molecule has 0 spiro atoms. The van der Waals surface area contributed by atoms with Crippen molar-refractivity contribution in [2.45, 2.75) is 30.8 Å². The van der Waals surface area contributed by atoms with Crippen LogP contribution in [0, 0.1) is 0 Å². The first kappa shape index (κ1) is 20.7. The summed E-state index contributed by atoms with van der Waals surface area (Å²) < 4.78 is 7.64. The fraction of sp³-hybridized carbons (Fsp3) is 0.167. The maximum Gasteiger partial charge on any atom is 0.192 e. The number of aryl methyl sites for hydroxylation is 1. The van der Waals surface area contributed by atoms with E-state index < -0.39 is 0 Å². The Morgan fingerprint density at radius 3 is 2.69 bits per heavy atom. The maximum absolute atomic E-state index is 5.57. The average Bonchev–Trinajstić information content (AvgIpc) is 3.60. The van der Waals surface area contributed by atoms with Crippen molar-refractivity contribution in [1.29, 1.82) is 0 Å². The molecule has 0 saturated carbocycles. The van der Waals surface area contributed by atoms with Crippen LogP contribution in [0.1, 0.15) is 23.9 Å². The molecule has 5 rings (SSSR count). The average molecular weight is 460 g/mol. The molecule has 0 N–H and O–H groups in total. The molecule has 0 aliphatic rings. The zero-order chi connectivity index (χ0) is 21.8. The molecular weight excluding hydrogens is 438 g/mol. The van der Waals surface area contributed by atoms with E-state index in [1.54, 1.807) is 41.8 Å². The van der Waals surface area contributed by atoms with Gasteiger partial charge in [0.2, 0.25) is 0 Å². The molecule has 4 heterocycles. The van der Waals surface area contributed by atoms with Crippen molar-refractivity contribution in [3.63, 3.8) is 0 Å². The predicted octanol–water partition coefficient (Wildman–Crippen LogP) is 5.96. The lowest BCUT2D eigenvalue weighted by Crippen LogP contribution is -2.03. The van der Waals surface area contributed by atoms with E-state index in [0.717, 1.165) is 45.0 Å². The van der Waals surface area contributed by atoms with Gasteiger partial charge in [-0.1, -0.05) is 43.0 Å². The highest BCUT2D eigenvalue weighted by molar-refractivity contribution is 7.98. The van der Waals surface area contributed by atoms with Gasteiger partial charge in [-0.3, -0.25) is 9.55 Å². The number of pyridine rings is 1. The minimum atomic E-state index is 0.554. The molecule has 0 radical (unpaired) electrons. The summed E-state index contributed by atoms with van der Waals surface area (Å²) in [6.45, 7) is 2.72. The van der Waals surface area contributed by atoms with Crippen LogP contribution >= 0.6 is 23.1 Å². The van der Waals surface area contributed by atoms with Crippen LogP contribution in [0.3, 0.4) is 0 Å². The molecule has 0 fully saturated rings. The number of rotatable bonds is 8. The smallest absolute Gasteiger partial charge is 0.192 e. The summed E-state index contributed by atoms with van der Waals surface area (Å²) in [5.74, 6) is 2.34. The van der Waals surface area contributed by atoms with Crippen molar-refractivity contribution >= 4 is 23.1 Å². The molecule has 32 heavy (non-hydrogen) atoms. The largest absolute Gasteiger partial charge is 0.467 e. The Morgan fingerprint density at radius 2 is 1.94 bits per heavy atom. The van der Waals surface area contributed by atoms with Crippen LogP contribution in [0.2, 0.25) is 0 Å². The predicted molar refractivity (Wildman–Crippen MR) is 128 cm³/mol. The standard InChI is InChI=1S/C24H21N5OS2/c1-2-17-7-9-18(10-8-17)23-26-20(15-31-23)16-32-24-28-27-22(19-5-3-11-25-13-19)29(24)14-21-6-4-12-30-21/h3-13,15H,2,14,16H2,1H3. The third kappa shape index (κ3) is 4.51. The first-order valence-corrected chi connectivity index (χ1v) is 12.2. The number of furan rings is 1. The van der Waals surface area contributed by atoms with E-state index in [1.165, 1.54) is 5.56 Å². The Bertz CT molecular complexity index is 1280. The fourth-order valence-corrected chi connectivity index (χ4v) is 5.09. The summed E-state index contributed by atoms with van der Waals surface area (Å²) >= 11 is 3.29. The maximum atomic E-state index is 5.57. The van der Waals surface area contributed by atoms with Crippen molar-refractivity contribution in [1.82, 2.24) is 24.7 Å². The van der Waals surface area contributed by atoms with Crippen molar-refractivity contribution < 1.29 is 4.42 Å². The quantitative estimate of drug-likeness (QED) is 0.267. The molecule has 0 bridgehead atoms. The molecule has 0 aliphatic carbocycles. The van der Waals surface area contributed by atoms with Gasteiger partial charge in [-0.25, -0.2) is 4.98 Å². The van der Waals surface area contributed by atoms with Gasteiger partial charge in [0, 0.05) is 34.7 Å². The third-order valence-electron chi connectivity index (χ3n) is 5.04. The number of thiazole rings is 1. The molecule has 0 unspecified atom stereocenters. The van der Waals surface area contributed by atoms with Gasteiger partial charge < -0.3 is 4.42 Å². The number of hydrogen-bond donors (Lipinski definition) is 0. The zero-order valence-corrected chi connectivity index (χ0v) is 19.1. The summed E-state index contributed by atoms with van der Waals surface area (Å²) in [5, 5.41) is 12.9. The zero-order valence-electron chi connectivity index (χ0n) is 17.5. The van der Waals surface area contributed by atoms with Crippen molar-refractivity contribution in [2.24, 2.45) is 0 Å². The summed E-state index contributed by atoms with van der Waals surface area (Å²) in [6.07, 6.45) is 6.27. The lowest BCUT2D eigenvalue weighted by Gasteiger charge is -2.08. The number of nitrogens with zero attached hydrogens (tertiary/aromatic N) is 5. The van der Waals surface area contributed by atoms with Gasteiger partial charge in [0.15, 0.2) is 11.0 Å². The van der Waals surface area contributed by atoms with E-state index in [-0.39, 0.29) is 0 Å². The minimum Gasteiger partial charge on any atom is -0.467 e. The van der Waals surface area contributed by atoms with Gasteiger partial charge in [0.1, 0.15) is 10.8 Å². The molecule has 1 aromatic carbocycles. The van der Waals surface area contributed by atoms with Crippen LogP contribution < -0.4 is 0 Å². The molecule has 4 aromatic heterocycles. The van der Waals surface area contributed by atoms with E-state index >= 15 is 0 Å². The van der Waals surface area contributed by atoms with Crippen molar-refractivity contribution in [2.75, 3.05) is 0 Å². The second-order valence-corrected chi connectivity index (χ2v) is 9.00. The van der Waals surface area contributed by atoms with Gasteiger partial charge in [-0.15, -0.1) is 21.5 Å². The Morgan fingerprint density at radius 1 is 1.03 bits per heavy atom. The number of benzene rings is 1. The van der Waals surface area contributed by atoms with Gasteiger partial charge in [0.25, 0.3) is 0 Å². The van der Waals surface area contributed by atoms with Crippen molar-refractivity contribution in [3.05, 3.63) is 89.6 Å². The highest BCUT2D eigenvalue weighted by atomic mass is 32.2. The molecular formula is C24H21N5OS2. The van der Waals surface area contributed by atoms with Crippen LogP contribution in [-0.4, -0.2) is 24.7 Å². The Balaban J connectivity index is 1.36. The molecule has 5 aromatic rings. The van der Waals surface area contributed by atoms with Crippen LogP contribution in [-0.2, 0) is 18.7 Å². The Labute approximate surface area is 194 Å². The van der Waals surface area contributed by atoms with E-state index in [1.807, 2.05) is 24.3 Å². The monoisotopic (exact) mass is 459 g/mol. The van der Waals surface area contributed by atoms with Gasteiger partial charge in [-0.2, -0.15) is 0 Å². The molecule has 0 atom stereocenters. The SMILES string of the molecule is CCc1ccc(-c2nc(CSc3nnc(-c4cccnc4)n3Cc3ccco3)cs2)cc1. The summed E-state index contributed by atoms with van der Waals surface area (Å²) in [7, 11) is 0. The number of thioether (sulfide) groups is 1. The van der Waals surface area contributed by atoms with Crippen LogP contribution in [0.25, 0.3) is 22.0 Å². The fourth-order valence-electron chi connectivity index (χ4n) is 3.33. The topological polar surface area (TPSA) is 69.6 Å². The summed E-state index contributed by atoms with van der Waals surface area (Å²) in [5.41, 5.74) is 4.44. The van der Waals surface area contributed by atoms with Crippen LogP contribution in [0.4, 0.5) is 0 Å². The highest BCUT2D eigenvalue weighted by Crippen LogP contribution is 2.30. The molecule has 160 valence electrons. The van der Waals surface area contributed by atoms with E-state index in [2.05, 4.69) is 56.3 Å². The first-order valence-electron chi connectivity index (χ1n) is 10.3. The molecule has 6 nitrogen and oxygen atoms in total. The van der Waals surface area contributed by atoms with Gasteiger partial charge in [-0.05, 0) is 36.2 Å². The summed E-state index contributed by atoms with van der Waals surface area (Å²) in [4.78, 5) is 9.06. The van der Waals surface area contributed by atoms with Gasteiger partial charge >= 0.3 is 0 Å². The Kier molecular flexibility index (Phi) is 6.13. The van der Waals surface area contributed by atoms with Gasteiger partial charge in [0.05, 0.1) is 18.5 Å². The molecule has 0 aliphatic heterocycles. The first-order chi connectivity index (χ1) is 15.8. The molecule has 8 heteroatoms. The second-order valence-electron chi connectivity index (χ2n) is 7.20. The minimum absolute atomic E-state index is 0.554.